The predicted octanol–water partition coefficient (Wildman–Crippen LogP) is 2.35. The number of pyridine rings is 1. The molecule has 3 aromatic heterocycles. The fraction of sp³-hybridized carbons (Fsp3) is 0.267. The Labute approximate surface area is 126 Å². The Bertz CT molecular complexity index is 737. The van der Waals surface area contributed by atoms with E-state index < -0.39 is 0 Å². The van der Waals surface area contributed by atoms with Gasteiger partial charge in [-0.25, -0.2) is 0 Å². The Hall–Kier alpha value is -2.05. The van der Waals surface area contributed by atoms with E-state index in [9.17, 15) is 0 Å². The van der Waals surface area contributed by atoms with Crippen molar-refractivity contribution < 1.29 is 4.52 Å². The Morgan fingerprint density at radius 3 is 3.24 bits per heavy atom. The van der Waals surface area contributed by atoms with Gasteiger partial charge in [-0.2, -0.15) is 4.98 Å². The van der Waals surface area contributed by atoms with Crippen LogP contribution in [0.5, 0.6) is 0 Å². The summed E-state index contributed by atoms with van der Waals surface area (Å²) in [5, 5.41) is 9.65. The van der Waals surface area contributed by atoms with Gasteiger partial charge < -0.3 is 9.84 Å². The molecule has 106 valence electrons. The maximum Gasteiger partial charge on any atom is 0.248 e. The van der Waals surface area contributed by atoms with Gasteiger partial charge in [-0.15, -0.1) is 11.3 Å². The highest BCUT2D eigenvalue weighted by molar-refractivity contribution is 7.10. The normalized spacial score (nSPS) is 17.6. The standard InChI is InChI=1S/C15H14N4OS/c1-2-6-16-10(3-1)9-13-18-15(20-19-13)14-11-5-8-21-12(11)4-7-17-14/h1-3,5-6,8,14,17H,4,7,9H2. The summed E-state index contributed by atoms with van der Waals surface area (Å²) >= 11 is 1.79. The van der Waals surface area contributed by atoms with Gasteiger partial charge in [0.2, 0.25) is 5.89 Å². The second kappa shape index (κ2) is 5.38. The van der Waals surface area contributed by atoms with Gasteiger partial charge in [0.25, 0.3) is 0 Å². The van der Waals surface area contributed by atoms with Gasteiger partial charge in [0.15, 0.2) is 5.82 Å². The minimum Gasteiger partial charge on any atom is -0.337 e. The van der Waals surface area contributed by atoms with Gasteiger partial charge in [-0.05, 0) is 35.6 Å². The lowest BCUT2D eigenvalue weighted by molar-refractivity contribution is 0.341. The number of nitrogens with one attached hydrogen (secondary N) is 1. The first kappa shape index (κ1) is 12.7. The molecule has 21 heavy (non-hydrogen) atoms. The Morgan fingerprint density at radius 2 is 2.33 bits per heavy atom. The van der Waals surface area contributed by atoms with Crippen LogP contribution in [0.4, 0.5) is 0 Å². The first-order valence-corrected chi connectivity index (χ1v) is 7.80. The van der Waals surface area contributed by atoms with Crippen molar-refractivity contribution in [2.75, 3.05) is 6.54 Å². The van der Waals surface area contributed by atoms with E-state index in [4.69, 9.17) is 4.52 Å². The lowest BCUT2D eigenvalue weighted by Gasteiger charge is -2.20. The molecule has 1 aliphatic rings. The molecule has 5 nitrogen and oxygen atoms in total. The summed E-state index contributed by atoms with van der Waals surface area (Å²) in [5.41, 5.74) is 2.21. The van der Waals surface area contributed by atoms with E-state index in [2.05, 4.69) is 31.9 Å². The molecular formula is C15H14N4OS. The number of rotatable bonds is 3. The van der Waals surface area contributed by atoms with Crippen molar-refractivity contribution in [3.8, 4) is 0 Å². The molecule has 0 aromatic carbocycles. The summed E-state index contributed by atoms with van der Waals surface area (Å²) in [6.45, 7) is 0.941. The molecule has 0 aliphatic carbocycles. The van der Waals surface area contributed by atoms with E-state index in [1.807, 2.05) is 18.2 Å². The molecule has 1 atom stereocenters. The van der Waals surface area contributed by atoms with Crippen molar-refractivity contribution in [1.29, 1.82) is 0 Å². The zero-order chi connectivity index (χ0) is 14.1. The first-order valence-electron chi connectivity index (χ1n) is 6.92. The molecule has 1 N–H and O–H groups in total. The Kier molecular flexibility index (Phi) is 3.25. The number of thiophene rings is 1. The van der Waals surface area contributed by atoms with Crippen molar-refractivity contribution in [1.82, 2.24) is 20.4 Å². The van der Waals surface area contributed by atoms with E-state index in [-0.39, 0.29) is 6.04 Å². The maximum absolute atomic E-state index is 5.46. The zero-order valence-corrected chi connectivity index (χ0v) is 12.1. The average Bonchev–Trinajstić information content (AvgIpc) is 3.16. The number of fused-ring (bicyclic) bond motifs is 1. The second-order valence-electron chi connectivity index (χ2n) is 4.98. The summed E-state index contributed by atoms with van der Waals surface area (Å²) in [6.07, 6.45) is 3.43. The van der Waals surface area contributed by atoms with Crippen LogP contribution >= 0.6 is 11.3 Å². The van der Waals surface area contributed by atoms with Gasteiger partial charge in [0.1, 0.15) is 6.04 Å². The molecule has 0 bridgehead atoms. The van der Waals surface area contributed by atoms with Crippen LogP contribution in [0.25, 0.3) is 0 Å². The highest BCUT2D eigenvalue weighted by atomic mass is 32.1. The highest BCUT2D eigenvalue weighted by Gasteiger charge is 2.27. The third-order valence-corrected chi connectivity index (χ3v) is 4.58. The molecule has 0 saturated carbocycles. The van der Waals surface area contributed by atoms with Crippen LogP contribution in [0.15, 0.2) is 40.4 Å². The number of aromatic nitrogens is 3. The summed E-state index contributed by atoms with van der Waals surface area (Å²) in [5.74, 6) is 1.31. The van der Waals surface area contributed by atoms with Crippen LogP contribution in [0, 0.1) is 0 Å². The summed E-state index contributed by atoms with van der Waals surface area (Å²) in [7, 11) is 0. The fourth-order valence-corrected chi connectivity index (χ4v) is 3.51. The first-order chi connectivity index (χ1) is 10.4. The van der Waals surface area contributed by atoms with E-state index in [1.54, 1.807) is 17.5 Å². The monoisotopic (exact) mass is 298 g/mol. The van der Waals surface area contributed by atoms with Crippen molar-refractivity contribution in [2.24, 2.45) is 0 Å². The third kappa shape index (κ3) is 2.48. The molecule has 3 aromatic rings. The molecule has 6 heteroatoms. The SMILES string of the molecule is c1ccc(Cc2noc(C3NCCc4sccc43)n2)nc1. The minimum absolute atomic E-state index is 0.0185. The molecule has 1 aliphatic heterocycles. The van der Waals surface area contributed by atoms with Gasteiger partial charge >= 0.3 is 0 Å². The Balaban J connectivity index is 1.58. The van der Waals surface area contributed by atoms with Crippen molar-refractivity contribution in [3.63, 3.8) is 0 Å². The maximum atomic E-state index is 5.46. The second-order valence-corrected chi connectivity index (χ2v) is 5.98. The molecule has 0 radical (unpaired) electrons. The molecule has 0 amide bonds. The smallest absolute Gasteiger partial charge is 0.248 e. The van der Waals surface area contributed by atoms with E-state index in [1.165, 1.54) is 10.4 Å². The van der Waals surface area contributed by atoms with Crippen LogP contribution in [-0.4, -0.2) is 21.7 Å². The van der Waals surface area contributed by atoms with Crippen LogP contribution in [0.3, 0.4) is 0 Å². The molecule has 0 saturated heterocycles. The van der Waals surface area contributed by atoms with E-state index >= 15 is 0 Å². The van der Waals surface area contributed by atoms with Crippen LogP contribution in [-0.2, 0) is 12.8 Å². The van der Waals surface area contributed by atoms with Gasteiger partial charge in [-0.1, -0.05) is 11.2 Å². The summed E-state index contributed by atoms with van der Waals surface area (Å²) < 4.78 is 5.46. The molecule has 1 unspecified atom stereocenters. The van der Waals surface area contributed by atoms with Crippen LogP contribution < -0.4 is 5.32 Å². The summed E-state index contributed by atoms with van der Waals surface area (Å²) in [6, 6.07) is 7.98. The topological polar surface area (TPSA) is 63.8 Å². The Morgan fingerprint density at radius 1 is 1.33 bits per heavy atom. The molecule has 4 heterocycles. The number of hydrogen-bond donors (Lipinski definition) is 1. The quantitative estimate of drug-likeness (QED) is 0.804. The van der Waals surface area contributed by atoms with Gasteiger partial charge in [0.05, 0.1) is 6.42 Å². The van der Waals surface area contributed by atoms with Crippen LogP contribution in [0.1, 0.15) is 33.9 Å². The minimum atomic E-state index is 0.0185. The van der Waals surface area contributed by atoms with Crippen molar-refractivity contribution in [3.05, 3.63) is 63.7 Å². The lowest BCUT2D eigenvalue weighted by Crippen LogP contribution is -2.29. The molecule has 0 fully saturated rings. The van der Waals surface area contributed by atoms with Crippen molar-refractivity contribution in [2.45, 2.75) is 18.9 Å². The number of nitrogens with zero attached hydrogens (tertiary/aromatic N) is 3. The molecule has 4 rings (SSSR count). The summed E-state index contributed by atoms with van der Waals surface area (Å²) in [4.78, 5) is 10.2. The predicted molar refractivity (Wildman–Crippen MR) is 79.2 cm³/mol. The zero-order valence-electron chi connectivity index (χ0n) is 11.3. The average molecular weight is 298 g/mol. The van der Waals surface area contributed by atoms with E-state index in [0.29, 0.717) is 18.1 Å². The van der Waals surface area contributed by atoms with Crippen LogP contribution in [0.2, 0.25) is 0 Å². The van der Waals surface area contributed by atoms with Gasteiger partial charge in [-0.3, -0.25) is 4.98 Å². The highest BCUT2D eigenvalue weighted by Crippen LogP contribution is 2.31. The van der Waals surface area contributed by atoms with Gasteiger partial charge in [0, 0.05) is 23.3 Å². The largest absolute Gasteiger partial charge is 0.337 e. The lowest BCUT2D eigenvalue weighted by atomic mass is 10.0. The molecule has 0 spiro atoms. The molecular weight excluding hydrogens is 284 g/mol. The fourth-order valence-electron chi connectivity index (χ4n) is 2.59. The third-order valence-electron chi connectivity index (χ3n) is 3.59. The van der Waals surface area contributed by atoms with E-state index in [0.717, 1.165) is 18.7 Å². The van der Waals surface area contributed by atoms with Crippen molar-refractivity contribution >= 4 is 11.3 Å². The number of hydrogen-bond acceptors (Lipinski definition) is 6.